The van der Waals surface area contributed by atoms with Gasteiger partial charge in [0.05, 0.1) is 5.41 Å². The van der Waals surface area contributed by atoms with Crippen molar-refractivity contribution >= 4 is 35.1 Å². The van der Waals surface area contributed by atoms with Crippen LogP contribution in [0.5, 0.6) is 0 Å². The van der Waals surface area contributed by atoms with E-state index < -0.39 is 11.3 Å². The third kappa shape index (κ3) is 4.89. The molecule has 1 aromatic rings. The minimum absolute atomic E-state index is 0.0978. The van der Waals surface area contributed by atoms with E-state index in [2.05, 4.69) is 0 Å². The summed E-state index contributed by atoms with van der Waals surface area (Å²) in [5.74, 6) is -0.937. The Kier molecular flexibility index (Phi) is 8.06. The van der Waals surface area contributed by atoms with Crippen LogP contribution in [0.2, 0.25) is 5.02 Å². The molecule has 0 aliphatic carbocycles. The standard InChI is InChI=1S/C24H31ClN2O5/c1-3-20(28)17-8-6-11-26(16-17)21(29)14-24(18-9-4-5-10-19(18)25)15-22(30)27(23(24)31)12-7-13-32-2/h4-5,9-10,17H,3,6-8,11-16H2,1-2H3/t17-,24-/m0/s1. The molecule has 7 nitrogen and oxygen atoms in total. The number of rotatable bonds is 9. The number of amides is 3. The van der Waals surface area contributed by atoms with Gasteiger partial charge in [-0.25, -0.2) is 0 Å². The van der Waals surface area contributed by atoms with Crippen LogP contribution in [-0.2, 0) is 29.3 Å². The molecule has 3 rings (SSSR count). The van der Waals surface area contributed by atoms with E-state index in [9.17, 15) is 19.2 Å². The number of ether oxygens (including phenoxy) is 1. The molecule has 8 heteroatoms. The Labute approximate surface area is 194 Å². The van der Waals surface area contributed by atoms with Gasteiger partial charge in [-0.05, 0) is 30.9 Å². The number of nitrogens with zero attached hydrogens (tertiary/aromatic N) is 2. The summed E-state index contributed by atoms with van der Waals surface area (Å²) >= 11 is 6.46. The zero-order valence-corrected chi connectivity index (χ0v) is 19.5. The molecule has 0 aromatic heterocycles. The summed E-state index contributed by atoms with van der Waals surface area (Å²) < 4.78 is 5.05. The second-order valence-electron chi connectivity index (χ2n) is 8.61. The van der Waals surface area contributed by atoms with Crippen molar-refractivity contribution < 1.29 is 23.9 Å². The molecular weight excluding hydrogens is 432 g/mol. The third-order valence-corrected chi connectivity index (χ3v) is 6.89. The minimum Gasteiger partial charge on any atom is -0.385 e. The van der Waals surface area contributed by atoms with Crippen LogP contribution in [0.1, 0.15) is 51.0 Å². The zero-order valence-electron chi connectivity index (χ0n) is 18.8. The normalized spacial score (nSPS) is 23.7. The first-order valence-corrected chi connectivity index (χ1v) is 11.6. The third-order valence-electron chi connectivity index (χ3n) is 6.56. The van der Waals surface area contributed by atoms with Crippen LogP contribution in [0.4, 0.5) is 0 Å². The van der Waals surface area contributed by atoms with Gasteiger partial charge in [0.1, 0.15) is 5.78 Å². The van der Waals surface area contributed by atoms with Crippen molar-refractivity contribution in [2.45, 2.75) is 50.9 Å². The smallest absolute Gasteiger partial charge is 0.240 e. The van der Waals surface area contributed by atoms with Gasteiger partial charge in [-0.1, -0.05) is 36.7 Å². The average Bonchev–Trinajstić information content (AvgIpc) is 3.03. The molecule has 2 aliphatic rings. The van der Waals surface area contributed by atoms with Gasteiger partial charge in [0.25, 0.3) is 0 Å². The Balaban J connectivity index is 1.89. The molecule has 0 bridgehead atoms. The second-order valence-corrected chi connectivity index (χ2v) is 9.02. The molecule has 0 N–H and O–H groups in total. The first-order valence-electron chi connectivity index (χ1n) is 11.2. The van der Waals surface area contributed by atoms with Crippen LogP contribution in [0, 0.1) is 5.92 Å². The lowest BCUT2D eigenvalue weighted by Gasteiger charge is -2.35. The topological polar surface area (TPSA) is 84.0 Å². The van der Waals surface area contributed by atoms with Crippen molar-refractivity contribution in [1.29, 1.82) is 0 Å². The lowest BCUT2D eigenvalue weighted by atomic mass is 9.75. The first-order chi connectivity index (χ1) is 15.3. The summed E-state index contributed by atoms with van der Waals surface area (Å²) in [7, 11) is 1.56. The van der Waals surface area contributed by atoms with Gasteiger partial charge in [0.2, 0.25) is 17.7 Å². The molecule has 2 fully saturated rings. The van der Waals surface area contributed by atoms with Crippen molar-refractivity contribution in [3.8, 4) is 0 Å². The monoisotopic (exact) mass is 462 g/mol. The van der Waals surface area contributed by atoms with E-state index in [1.807, 2.05) is 6.92 Å². The van der Waals surface area contributed by atoms with E-state index in [-0.39, 0.29) is 42.9 Å². The molecule has 1 aromatic carbocycles. The Bertz CT molecular complexity index is 889. The highest BCUT2D eigenvalue weighted by molar-refractivity contribution is 6.32. The maximum Gasteiger partial charge on any atom is 0.240 e. The molecule has 32 heavy (non-hydrogen) atoms. The molecule has 0 spiro atoms. The summed E-state index contributed by atoms with van der Waals surface area (Å²) in [6.07, 6.45) is 2.25. The number of hydrogen-bond donors (Lipinski definition) is 0. The number of methoxy groups -OCH3 is 1. The van der Waals surface area contributed by atoms with E-state index in [4.69, 9.17) is 16.3 Å². The number of piperidine rings is 1. The van der Waals surface area contributed by atoms with Gasteiger partial charge in [0.15, 0.2) is 0 Å². The first kappa shape index (κ1) is 24.4. The summed E-state index contributed by atoms with van der Waals surface area (Å²) in [6, 6.07) is 6.91. The predicted molar refractivity (Wildman–Crippen MR) is 120 cm³/mol. The van der Waals surface area contributed by atoms with Crippen LogP contribution in [0.15, 0.2) is 24.3 Å². The summed E-state index contributed by atoms with van der Waals surface area (Å²) in [6.45, 7) is 3.41. The molecule has 2 aliphatic heterocycles. The Morgan fingerprint density at radius 2 is 2.00 bits per heavy atom. The fraction of sp³-hybridized carbons (Fsp3) is 0.583. The van der Waals surface area contributed by atoms with E-state index >= 15 is 0 Å². The van der Waals surface area contributed by atoms with Gasteiger partial charge in [0, 0.05) is 63.6 Å². The van der Waals surface area contributed by atoms with Crippen molar-refractivity contribution in [3.63, 3.8) is 0 Å². The van der Waals surface area contributed by atoms with E-state index in [0.29, 0.717) is 43.1 Å². The van der Waals surface area contributed by atoms with Gasteiger partial charge in [-0.2, -0.15) is 0 Å². The summed E-state index contributed by atoms with van der Waals surface area (Å²) in [4.78, 5) is 55.0. The van der Waals surface area contributed by atoms with Gasteiger partial charge < -0.3 is 9.64 Å². The SMILES string of the molecule is CCC(=O)[C@H]1CCCN(C(=O)C[C@@]2(c3ccccc3Cl)CC(=O)N(CCCOC)C2=O)C1. The number of benzene rings is 1. The van der Waals surface area contributed by atoms with E-state index in [0.717, 1.165) is 12.8 Å². The molecule has 0 saturated carbocycles. The summed E-state index contributed by atoms with van der Waals surface area (Å²) in [5.41, 5.74) is -0.831. The van der Waals surface area contributed by atoms with Crippen LogP contribution in [0.25, 0.3) is 0 Å². The van der Waals surface area contributed by atoms with Gasteiger partial charge >= 0.3 is 0 Å². The quantitative estimate of drug-likeness (QED) is 0.416. The maximum absolute atomic E-state index is 13.6. The minimum atomic E-state index is -1.33. The second kappa shape index (κ2) is 10.6. The fourth-order valence-corrected chi connectivity index (χ4v) is 5.13. The fourth-order valence-electron chi connectivity index (χ4n) is 4.81. The molecule has 174 valence electrons. The van der Waals surface area contributed by atoms with Crippen molar-refractivity contribution in [1.82, 2.24) is 9.80 Å². The van der Waals surface area contributed by atoms with Crippen LogP contribution < -0.4 is 0 Å². The zero-order chi connectivity index (χ0) is 23.3. The largest absolute Gasteiger partial charge is 0.385 e. The van der Waals surface area contributed by atoms with E-state index in [1.54, 1.807) is 36.3 Å². The predicted octanol–water partition coefficient (Wildman–Crippen LogP) is 2.98. The molecule has 0 unspecified atom stereocenters. The highest BCUT2D eigenvalue weighted by Crippen LogP contribution is 2.43. The molecule has 2 saturated heterocycles. The van der Waals surface area contributed by atoms with Crippen molar-refractivity contribution in [3.05, 3.63) is 34.9 Å². The molecule has 3 amide bonds. The highest BCUT2D eigenvalue weighted by atomic mass is 35.5. The van der Waals surface area contributed by atoms with E-state index in [1.165, 1.54) is 4.90 Å². The Morgan fingerprint density at radius 1 is 1.25 bits per heavy atom. The molecule has 2 heterocycles. The average molecular weight is 463 g/mol. The Hall–Kier alpha value is -2.25. The number of carbonyl (C=O) groups excluding carboxylic acids is 4. The van der Waals surface area contributed by atoms with Gasteiger partial charge in [-0.15, -0.1) is 0 Å². The lowest BCUT2D eigenvalue weighted by Crippen LogP contribution is -2.47. The molecule has 2 atom stereocenters. The number of halogens is 1. The summed E-state index contributed by atoms with van der Waals surface area (Å²) in [5, 5.41) is 0.359. The van der Waals surface area contributed by atoms with Crippen molar-refractivity contribution in [2.24, 2.45) is 5.92 Å². The number of Topliss-reactive ketones (excluding diaryl/α,β-unsaturated/α-hetero) is 1. The number of hydrogen-bond acceptors (Lipinski definition) is 5. The van der Waals surface area contributed by atoms with Crippen LogP contribution in [0.3, 0.4) is 0 Å². The lowest BCUT2D eigenvalue weighted by molar-refractivity contribution is -0.144. The number of likely N-dealkylation sites (tertiary alicyclic amines) is 2. The van der Waals surface area contributed by atoms with Crippen LogP contribution in [-0.4, -0.2) is 66.7 Å². The number of ketones is 1. The number of carbonyl (C=O) groups is 4. The highest BCUT2D eigenvalue weighted by Gasteiger charge is 2.54. The molecule has 0 radical (unpaired) electrons. The van der Waals surface area contributed by atoms with Crippen molar-refractivity contribution in [2.75, 3.05) is 33.4 Å². The maximum atomic E-state index is 13.6. The van der Waals surface area contributed by atoms with Gasteiger partial charge in [-0.3, -0.25) is 24.1 Å². The molecular formula is C24H31ClN2O5. The number of imide groups is 1. The van der Waals surface area contributed by atoms with Crippen LogP contribution >= 0.6 is 11.6 Å². The Morgan fingerprint density at radius 3 is 2.69 bits per heavy atom.